The van der Waals surface area contributed by atoms with Gasteiger partial charge in [0.2, 0.25) is 11.0 Å². The van der Waals surface area contributed by atoms with Crippen LogP contribution < -0.4 is 10.2 Å². The minimum atomic E-state index is 0.0169. The molecule has 0 aromatic carbocycles. The number of hydrogen-bond donors (Lipinski definition) is 1. The number of nitrogens with one attached hydrogen (secondary N) is 1. The molecule has 3 rings (SSSR count). The van der Waals surface area contributed by atoms with Crippen molar-refractivity contribution in [3.05, 3.63) is 23.1 Å². The van der Waals surface area contributed by atoms with Gasteiger partial charge >= 0.3 is 0 Å². The predicted octanol–water partition coefficient (Wildman–Crippen LogP) is 2.31. The van der Waals surface area contributed by atoms with E-state index in [9.17, 15) is 4.79 Å². The third kappa shape index (κ3) is 3.87. The monoisotopic (exact) mass is 346 g/mol. The van der Waals surface area contributed by atoms with Crippen LogP contribution in [0.5, 0.6) is 0 Å². The molecule has 8 heteroatoms. The summed E-state index contributed by atoms with van der Waals surface area (Å²) in [5.41, 5.74) is 2.69. The van der Waals surface area contributed by atoms with Crippen molar-refractivity contribution in [1.82, 2.24) is 20.2 Å². The number of anilines is 2. The summed E-state index contributed by atoms with van der Waals surface area (Å²) in [6, 6.07) is 2.07. The van der Waals surface area contributed by atoms with Gasteiger partial charge in [0.1, 0.15) is 17.2 Å². The number of carbonyl (C=O) groups excluding carboxylic acids is 1. The molecule has 1 fully saturated rings. The Hall–Kier alpha value is -2.09. The Bertz CT molecular complexity index is 660. The minimum Gasteiger partial charge on any atom is -0.356 e. The summed E-state index contributed by atoms with van der Waals surface area (Å²) in [5, 5.41) is 11.0. The molecular formula is C16H22N6OS. The van der Waals surface area contributed by atoms with Gasteiger partial charge in [0.15, 0.2) is 0 Å². The van der Waals surface area contributed by atoms with Crippen molar-refractivity contribution in [2.75, 3.05) is 23.3 Å². The molecule has 128 valence electrons. The smallest absolute Gasteiger partial charge is 0.229 e. The topological polar surface area (TPSA) is 83.9 Å². The molecule has 0 saturated carbocycles. The Morgan fingerprint density at radius 1 is 1.29 bits per heavy atom. The lowest BCUT2D eigenvalue weighted by Crippen LogP contribution is -2.38. The van der Waals surface area contributed by atoms with Gasteiger partial charge in [-0.15, -0.1) is 10.2 Å². The molecule has 2 aromatic heterocycles. The van der Waals surface area contributed by atoms with Gasteiger partial charge in [-0.2, -0.15) is 0 Å². The zero-order valence-electron chi connectivity index (χ0n) is 14.0. The molecular weight excluding hydrogens is 324 g/mol. The second-order valence-corrected chi connectivity index (χ2v) is 6.67. The summed E-state index contributed by atoms with van der Waals surface area (Å²) in [7, 11) is 0. The normalized spacial score (nSPS) is 15.5. The SMILES string of the molecule is CCc1cc(N2CCC(C(=O)Nc3nncs3)CC2)nc(CC)n1. The van der Waals surface area contributed by atoms with Gasteiger partial charge in [0.05, 0.1) is 0 Å². The van der Waals surface area contributed by atoms with Crippen molar-refractivity contribution < 1.29 is 4.79 Å². The van der Waals surface area contributed by atoms with Crippen LogP contribution in [0.1, 0.15) is 38.2 Å². The first-order valence-corrected chi connectivity index (χ1v) is 9.26. The van der Waals surface area contributed by atoms with E-state index >= 15 is 0 Å². The lowest BCUT2D eigenvalue weighted by Gasteiger charge is -2.32. The number of piperidine rings is 1. The standard InChI is InChI=1S/C16H22N6OS/c1-3-12-9-14(19-13(4-2)18-12)22-7-5-11(6-8-22)15(23)20-16-21-17-10-24-16/h9-11H,3-8H2,1-2H3,(H,20,21,23). The molecule has 1 saturated heterocycles. The van der Waals surface area contributed by atoms with Crippen LogP contribution in [0.25, 0.3) is 0 Å². The summed E-state index contributed by atoms with van der Waals surface area (Å²) in [4.78, 5) is 23.7. The quantitative estimate of drug-likeness (QED) is 0.894. The number of aromatic nitrogens is 4. The number of hydrogen-bond acceptors (Lipinski definition) is 7. The van der Waals surface area contributed by atoms with E-state index in [1.54, 1.807) is 5.51 Å². The van der Waals surface area contributed by atoms with Gasteiger partial charge in [-0.1, -0.05) is 25.2 Å². The number of nitrogens with zero attached hydrogens (tertiary/aromatic N) is 5. The Morgan fingerprint density at radius 3 is 2.71 bits per heavy atom. The Kier molecular flexibility index (Phi) is 5.34. The zero-order chi connectivity index (χ0) is 16.9. The largest absolute Gasteiger partial charge is 0.356 e. The van der Waals surface area contributed by atoms with Crippen LogP contribution in [0.4, 0.5) is 10.9 Å². The maximum atomic E-state index is 12.3. The van der Waals surface area contributed by atoms with Crippen LogP contribution in [0.15, 0.2) is 11.6 Å². The molecule has 0 aliphatic carbocycles. The number of amides is 1. The van der Waals surface area contributed by atoms with E-state index in [4.69, 9.17) is 0 Å². The van der Waals surface area contributed by atoms with Gasteiger partial charge < -0.3 is 10.2 Å². The van der Waals surface area contributed by atoms with Crippen molar-refractivity contribution in [3.63, 3.8) is 0 Å². The summed E-state index contributed by atoms with van der Waals surface area (Å²) in [5.74, 6) is 1.93. The summed E-state index contributed by atoms with van der Waals surface area (Å²) >= 11 is 1.34. The molecule has 0 atom stereocenters. The lowest BCUT2D eigenvalue weighted by molar-refractivity contribution is -0.120. The molecule has 2 aromatic rings. The van der Waals surface area contributed by atoms with Gasteiger partial charge in [-0.3, -0.25) is 4.79 Å². The maximum absolute atomic E-state index is 12.3. The van der Waals surface area contributed by atoms with Crippen molar-refractivity contribution in [3.8, 4) is 0 Å². The van der Waals surface area contributed by atoms with E-state index in [1.807, 2.05) is 0 Å². The molecule has 24 heavy (non-hydrogen) atoms. The number of carbonyl (C=O) groups is 1. The Morgan fingerprint density at radius 2 is 2.08 bits per heavy atom. The molecule has 7 nitrogen and oxygen atoms in total. The molecule has 3 heterocycles. The molecule has 1 aliphatic rings. The van der Waals surface area contributed by atoms with E-state index in [0.717, 1.165) is 56.1 Å². The van der Waals surface area contributed by atoms with Crippen LogP contribution >= 0.6 is 11.3 Å². The average molecular weight is 346 g/mol. The van der Waals surface area contributed by atoms with Gasteiger partial charge in [0, 0.05) is 37.2 Å². The molecule has 0 radical (unpaired) electrons. The summed E-state index contributed by atoms with van der Waals surface area (Å²) in [6.07, 6.45) is 3.37. The first kappa shape index (κ1) is 16.8. The van der Waals surface area contributed by atoms with Crippen molar-refractivity contribution in [2.45, 2.75) is 39.5 Å². The fourth-order valence-electron chi connectivity index (χ4n) is 2.84. The molecule has 0 bridgehead atoms. The highest BCUT2D eigenvalue weighted by Gasteiger charge is 2.26. The summed E-state index contributed by atoms with van der Waals surface area (Å²) < 4.78 is 0. The highest BCUT2D eigenvalue weighted by atomic mass is 32.1. The van der Waals surface area contributed by atoms with Gasteiger partial charge in [0.25, 0.3) is 0 Å². The minimum absolute atomic E-state index is 0.0169. The molecule has 0 spiro atoms. The predicted molar refractivity (Wildman–Crippen MR) is 94.3 cm³/mol. The highest BCUT2D eigenvalue weighted by Crippen LogP contribution is 2.24. The van der Waals surface area contributed by atoms with Crippen molar-refractivity contribution in [1.29, 1.82) is 0 Å². The Balaban J connectivity index is 1.61. The van der Waals surface area contributed by atoms with Crippen LogP contribution in [0, 0.1) is 5.92 Å². The van der Waals surface area contributed by atoms with Crippen LogP contribution in [-0.2, 0) is 17.6 Å². The van der Waals surface area contributed by atoms with Crippen molar-refractivity contribution >= 4 is 28.2 Å². The van der Waals surface area contributed by atoms with E-state index in [0.29, 0.717) is 5.13 Å². The van der Waals surface area contributed by atoms with E-state index in [2.05, 4.69) is 50.3 Å². The second kappa shape index (κ2) is 7.65. The van der Waals surface area contributed by atoms with Crippen LogP contribution in [0.3, 0.4) is 0 Å². The third-order valence-electron chi connectivity index (χ3n) is 4.27. The molecule has 0 unspecified atom stereocenters. The molecule has 1 amide bonds. The molecule has 1 N–H and O–H groups in total. The van der Waals surface area contributed by atoms with E-state index in [-0.39, 0.29) is 11.8 Å². The van der Waals surface area contributed by atoms with Crippen molar-refractivity contribution in [2.24, 2.45) is 5.92 Å². The molecule has 1 aliphatic heterocycles. The highest BCUT2D eigenvalue weighted by molar-refractivity contribution is 7.13. The van der Waals surface area contributed by atoms with Crippen LogP contribution in [0.2, 0.25) is 0 Å². The van der Waals surface area contributed by atoms with E-state index < -0.39 is 0 Å². The lowest BCUT2D eigenvalue weighted by atomic mass is 9.96. The average Bonchev–Trinajstić information content (AvgIpc) is 3.14. The van der Waals surface area contributed by atoms with E-state index in [1.165, 1.54) is 11.3 Å². The number of aryl methyl sites for hydroxylation is 2. The fraction of sp³-hybridized carbons (Fsp3) is 0.562. The Labute approximate surface area is 145 Å². The maximum Gasteiger partial charge on any atom is 0.229 e. The summed E-state index contributed by atoms with van der Waals surface area (Å²) in [6.45, 7) is 5.84. The van der Waals surface area contributed by atoms with Crippen LogP contribution in [-0.4, -0.2) is 39.2 Å². The fourth-order valence-corrected chi connectivity index (χ4v) is 3.29. The van der Waals surface area contributed by atoms with Gasteiger partial charge in [-0.05, 0) is 19.3 Å². The second-order valence-electron chi connectivity index (χ2n) is 5.84. The first-order chi connectivity index (χ1) is 11.7. The third-order valence-corrected chi connectivity index (χ3v) is 4.88. The number of rotatable bonds is 5. The zero-order valence-corrected chi connectivity index (χ0v) is 14.8. The first-order valence-electron chi connectivity index (χ1n) is 8.38. The van der Waals surface area contributed by atoms with Gasteiger partial charge in [-0.25, -0.2) is 9.97 Å².